The molecule has 104 valence electrons. The number of hydrogen-bond donors (Lipinski definition) is 3. The van der Waals surface area contributed by atoms with Crippen LogP contribution < -0.4 is 15.4 Å². The van der Waals surface area contributed by atoms with E-state index in [-0.39, 0.29) is 17.6 Å². The normalized spacial score (nSPS) is 11.5. The van der Waals surface area contributed by atoms with Gasteiger partial charge >= 0.3 is 0 Å². The highest BCUT2D eigenvalue weighted by Crippen LogP contribution is 2.07. The van der Waals surface area contributed by atoms with Gasteiger partial charge in [-0.05, 0) is 12.1 Å². The van der Waals surface area contributed by atoms with Crippen molar-refractivity contribution in [3.8, 4) is 5.75 Å². The summed E-state index contributed by atoms with van der Waals surface area (Å²) in [5, 5.41) is 5.20. The summed E-state index contributed by atoms with van der Waals surface area (Å²) in [6.07, 6.45) is 0. The van der Waals surface area contributed by atoms with Gasteiger partial charge in [-0.2, -0.15) is 12.6 Å². The minimum Gasteiger partial charge on any atom is -0.492 e. The number of rotatable bonds is 7. The van der Waals surface area contributed by atoms with Crippen molar-refractivity contribution in [2.45, 2.75) is 13.0 Å². The third kappa shape index (κ3) is 6.15. The van der Waals surface area contributed by atoms with Gasteiger partial charge in [0.2, 0.25) is 11.8 Å². The van der Waals surface area contributed by atoms with Crippen molar-refractivity contribution in [1.29, 1.82) is 0 Å². The number of amides is 2. The van der Waals surface area contributed by atoms with Crippen LogP contribution in [0.2, 0.25) is 0 Å². The van der Waals surface area contributed by atoms with Crippen molar-refractivity contribution in [3.05, 3.63) is 30.3 Å². The molecular weight excluding hydrogens is 264 g/mol. The molecule has 0 aromatic heterocycles. The minimum atomic E-state index is -0.613. The maximum Gasteiger partial charge on any atom is 0.243 e. The Morgan fingerprint density at radius 1 is 1.32 bits per heavy atom. The van der Waals surface area contributed by atoms with E-state index >= 15 is 0 Å². The first kappa shape index (κ1) is 15.4. The summed E-state index contributed by atoms with van der Waals surface area (Å²) in [4.78, 5) is 22.6. The van der Waals surface area contributed by atoms with Gasteiger partial charge in [0.15, 0.2) is 0 Å². The van der Waals surface area contributed by atoms with Crippen LogP contribution in [0.1, 0.15) is 6.92 Å². The lowest BCUT2D eigenvalue weighted by Crippen LogP contribution is -2.48. The second-order valence-electron chi connectivity index (χ2n) is 3.89. The molecule has 0 aliphatic carbocycles. The zero-order chi connectivity index (χ0) is 14.1. The van der Waals surface area contributed by atoms with Crippen molar-refractivity contribution in [2.24, 2.45) is 0 Å². The number of thiol groups is 1. The quantitative estimate of drug-likeness (QED) is 0.507. The molecule has 0 aliphatic rings. The van der Waals surface area contributed by atoms with Crippen LogP contribution in [0.3, 0.4) is 0 Å². The first-order valence-electron chi connectivity index (χ1n) is 5.97. The highest BCUT2D eigenvalue weighted by molar-refractivity contribution is 7.80. The van der Waals surface area contributed by atoms with Gasteiger partial charge in [0, 0.05) is 12.7 Å². The number of hydrogen-bond acceptors (Lipinski definition) is 4. The molecule has 1 atom stereocenters. The fourth-order valence-corrected chi connectivity index (χ4v) is 1.68. The smallest absolute Gasteiger partial charge is 0.243 e. The Balaban J connectivity index is 2.24. The molecule has 0 saturated carbocycles. The monoisotopic (exact) mass is 282 g/mol. The van der Waals surface area contributed by atoms with Crippen LogP contribution in [0.5, 0.6) is 5.75 Å². The summed E-state index contributed by atoms with van der Waals surface area (Å²) < 4.78 is 5.43. The maximum atomic E-state index is 11.7. The van der Waals surface area contributed by atoms with E-state index in [4.69, 9.17) is 4.74 Å². The van der Waals surface area contributed by atoms with Gasteiger partial charge in [-0.15, -0.1) is 0 Å². The SMILES string of the molecule is CC(=O)NC(CS)C(=O)NCCOc1ccccc1. The third-order valence-corrected chi connectivity index (χ3v) is 2.65. The highest BCUT2D eigenvalue weighted by atomic mass is 32.1. The number of nitrogens with one attached hydrogen (secondary N) is 2. The van der Waals surface area contributed by atoms with Crippen molar-refractivity contribution >= 4 is 24.4 Å². The molecule has 0 heterocycles. The summed E-state index contributed by atoms with van der Waals surface area (Å²) in [6.45, 7) is 2.11. The Morgan fingerprint density at radius 3 is 2.58 bits per heavy atom. The van der Waals surface area contributed by atoms with E-state index in [2.05, 4.69) is 23.3 Å². The van der Waals surface area contributed by atoms with Gasteiger partial charge in [-0.1, -0.05) is 18.2 Å². The Labute approximate surface area is 118 Å². The van der Waals surface area contributed by atoms with Crippen molar-refractivity contribution in [1.82, 2.24) is 10.6 Å². The molecule has 19 heavy (non-hydrogen) atoms. The lowest BCUT2D eigenvalue weighted by molar-refractivity contribution is -0.127. The van der Waals surface area contributed by atoms with Crippen LogP contribution in [-0.4, -0.2) is 36.8 Å². The third-order valence-electron chi connectivity index (χ3n) is 2.29. The Hall–Kier alpha value is -1.69. The predicted molar refractivity (Wildman–Crippen MR) is 76.4 cm³/mol. The standard InChI is InChI=1S/C13H18N2O3S/c1-10(16)15-12(9-19)13(17)14-7-8-18-11-5-3-2-4-6-11/h2-6,12,19H,7-9H2,1H3,(H,14,17)(H,15,16). The molecule has 1 aromatic rings. The summed E-state index contributed by atoms with van der Waals surface area (Å²) in [5.41, 5.74) is 0. The minimum absolute atomic E-state index is 0.255. The van der Waals surface area contributed by atoms with Gasteiger partial charge in [-0.3, -0.25) is 9.59 Å². The molecule has 0 aliphatic heterocycles. The van der Waals surface area contributed by atoms with Crippen molar-refractivity contribution < 1.29 is 14.3 Å². The average Bonchev–Trinajstić information content (AvgIpc) is 2.41. The molecule has 0 fully saturated rings. The zero-order valence-corrected chi connectivity index (χ0v) is 11.7. The van der Waals surface area contributed by atoms with Crippen molar-refractivity contribution in [3.63, 3.8) is 0 Å². The van der Waals surface area contributed by atoms with Crippen LogP contribution in [0.15, 0.2) is 30.3 Å². The molecule has 2 amide bonds. The van der Waals surface area contributed by atoms with Gasteiger partial charge < -0.3 is 15.4 Å². The summed E-state index contributed by atoms with van der Waals surface area (Å²) in [6, 6.07) is 8.73. The fourth-order valence-electron chi connectivity index (χ4n) is 1.42. The fraction of sp³-hybridized carbons (Fsp3) is 0.385. The van der Waals surface area contributed by atoms with Crippen LogP contribution >= 0.6 is 12.6 Å². The molecule has 0 radical (unpaired) electrons. The van der Waals surface area contributed by atoms with E-state index in [1.165, 1.54) is 6.92 Å². The second-order valence-corrected chi connectivity index (χ2v) is 4.25. The number of benzene rings is 1. The lowest BCUT2D eigenvalue weighted by atomic mass is 10.3. The molecule has 5 nitrogen and oxygen atoms in total. The molecule has 1 unspecified atom stereocenters. The molecule has 1 rings (SSSR count). The van der Waals surface area contributed by atoms with Gasteiger partial charge in [0.25, 0.3) is 0 Å². The van der Waals surface area contributed by atoms with Crippen LogP contribution in [0.4, 0.5) is 0 Å². The predicted octanol–water partition coefficient (Wildman–Crippen LogP) is 0.616. The first-order chi connectivity index (χ1) is 9.13. The molecule has 1 aromatic carbocycles. The Kier molecular flexibility index (Phi) is 6.81. The van der Waals surface area contributed by atoms with Gasteiger partial charge in [0.1, 0.15) is 18.4 Å². The molecule has 0 spiro atoms. The zero-order valence-electron chi connectivity index (χ0n) is 10.8. The molecule has 0 bridgehead atoms. The summed E-state index contributed by atoms with van der Waals surface area (Å²) >= 11 is 4.03. The number of ether oxygens (including phenoxy) is 1. The van der Waals surface area contributed by atoms with E-state index in [0.29, 0.717) is 13.2 Å². The number of para-hydroxylation sites is 1. The Bertz CT molecular complexity index is 412. The van der Waals surface area contributed by atoms with Crippen LogP contribution in [-0.2, 0) is 9.59 Å². The topological polar surface area (TPSA) is 67.4 Å². The Morgan fingerprint density at radius 2 is 2.00 bits per heavy atom. The first-order valence-corrected chi connectivity index (χ1v) is 6.60. The van der Waals surface area contributed by atoms with E-state index in [0.717, 1.165) is 5.75 Å². The largest absolute Gasteiger partial charge is 0.492 e. The van der Waals surface area contributed by atoms with E-state index in [1.54, 1.807) is 0 Å². The van der Waals surface area contributed by atoms with E-state index in [1.807, 2.05) is 30.3 Å². The number of carbonyl (C=O) groups is 2. The summed E-state index contributed by atoms with van der Waals surface area (Å²) in [7, 11) is 0. The molecule has 6 heteroatoms. The van der Waals surface area contributed by atoms with E-state index < -0.39 is 6.04 Å². The van der Waals surface area contributed by atoms with Gasteiger partial charge in [0.05, 0.1) is 6.54 Å². The molecule has 2 N–H and O–H groups in total. The van der Waals surface area contributed by atoms with Crippen LogP contribution in [0, 0.1) is 0 Å². The number of carbonyl (C=O) groups excluding carboxylic acids is 2. The van der Waals surface area contributed by atoms with Crippen LogP contribution in [0.25, 0.3) is 0 Å². The molecular formula is C13H18N2O3S. The van der Waals surface area contributed by atoms with Crippen molar-refractivity contribution in [2.75, 3.05) is 18.9 Å². The lowest BCUT2D eigenvalue weighted by Gasteiger charge is -2.15. The average molecular weight is 282 g/mol. The second kappa shape index (κ2) is 8.42. The molecule has 0 saturated heterocycles. The van der Waals surface area contributed by atoms with E-state index in [9.17, 15) is 9.59 Å². The highest BCUT2D eigenvalue weighted by Gasteiger charge is 2.16. The van der Waals surface area contributed by atoms with Gasteiger partial charge in [-0.25, -0.2) is 0 Å². The summed E-state index contributed by atoms with van der Waals surface area (Å²) in [5.74, 6) is 0.492. The maximum absolute atomic E-state index is 11.7.